The normalized spacial score (nSPS) is 17.3. The molecule has 2 heterocycles. The highest BCUT2D eigenvalue weighted by atomic mass is 19.1. The molecular formula is C41H47FN2O7. The van der Waals surface area contributed by atoms with Crippen molar-refractivity contribution >= 4 is 23.5 Å². The van der Waals surface area contributed by atoms with Gasteiger partial charge in [0.1, 0.15) is 11.4 Å². The van der Waals surface area contributed by atoms with Gasteiger partial charge in [0.05, 0.1) is 35.4 Å². The Balaban J connectivity index is 1.59. The van der Waals surface area contributed by atoms with Crippen molar-refractivity contribution in [1.29, 1.82) is 0 Å². The van der Waals surface area contributed by atoms with E-state index in [1.165, 1.54) is 24.3 Å². The third-order valence-electron chi connectivity index (χ3n) is 8.56. The van der Waals surface area contributed by atoms with E-state index in [1.54, 1.807) is 24.3 Å². The molecule has 2 atom stereocenters. The first kappa shape index (κ1) is 37.5. The molecule has 1 aliphatic heterocycles. The molecule has 9 nitrogen and oxygen atoms in total. The SMILES string of the molecule is CC(C)c1c(C(=O)Nc2ccc(C(=O)O)cc2)c(-c2ccccc2)c(-c2ccc(F)cc2)n1CC[C@@H]1C[C@H](CC(=O)OC(C)(C)C)OC(C)(C)O1. The summed E-state index contributed by atoms with van der Waals surface area (Å²) >= 11 is 0. The summed E-state index contributed by atoms with van der Waals surface area (Å²) in [6, 6.07) is 21.9. The first-order valence-corrected chi connectivity index (χ1v) is 17.3. The van der Waals surface area contributed by atoms with Gasteiger partial charge in [-0.15, -0.1) is 0 Å². The van der Waals surface area contributed by atoms with Crippen LogP contribution in [0.15, 0.2) is 78.9 Å². The first-order valence-electron chi connectivity index (χ1n) is 17.3. The fourth-order valence-corrected chi connectivity index (χ4v) is 6.75. The number of carbonyl (C=O) groups is 3. The van der Waals surface area contributed by atoms with Gasteiger partial charge < -0.3 is 29.2 Å². The number of rotatable bonds is 11. The molecule has 2 N–H and O–H groups in total. The van der Waals surface area contributed by atoms with Crippen LogP contribution in [0.5, 0.6) is 0 Å². The summed E-state index contributed by atoms with van der Waals surface area (Å²) in [5, 5.41) is 12.4. The molecule has 1 aliphatic rings. The van der Waals surface area contributed by atoms with Crippen molar-refractivity contribution in [2.45, 2.75) is 104 Å². The summed E-state index contributed by atoms with van der Waals surface area (Å²) in [6.07, 6.45) is 0.408. The number of nitrogens with zero attached hydrogens (tertiary/aromatic N) is 1. The van der Waals surface area contributed by atoms with Gasteiger partial charge in [-0.2, -0.15) is 0 Å². The molecule has 0 unspecified atom stereocenters. The summed E-state index contributed by atoms with van der Waals surface area (Å²) in [4.78, 5) is 38.7. The molecule has 270 valence electrons. The fourth-order valence-electron chi connectivity index (χ4n) is 6.75. The van der Waals surface area contributed by atoms with Crippen LogP contribution in [0, 0.1) is 5.82 Å². The second-order valence-electron chi connectivity index (χ2n) is 14.7. The lowest BCUT2D eigenvalue weighted by atomic mass is 9.94. The minimum Gasteiger partial charge on any atom is -0.478 e. The van der Waals surface area contributed by atoms with Crippen LogP contribution in [-0.2, 0) is 25.5 Å². The van der Waals surface area contributed by atoms with Gasteiger partial charge in [-0.3, -0.25) is 9.59 Å². The molecule has 1 fully saturated rings. The van der Waals surface area contributed by atoms with Crippen molar-refractivity contribution < 1.29 is 38.1 Å². The van der Waals surface area contributed by atoms with Crippen molar-refractivity contribution in [2.24, 2.45) is 0 Å². The van der Waals surface area contributed by atoms with E-state index >= 15 is 0 Å². The molecule has 10 heteroatoms. The van der Waals surface area contributed by atoms with Crippen molar-refractivity contribution in [1.82, 2.24) is 4.57 Å². The Bertz CT molecular complexity index is 1860. The minimum atomic E-state index is -1.06. The van der Waals surface area contributed by atoms with E-state index in [2.05, 4.69) is 9.88 Å². The van der Waals surface area contributed by atoms with Crippen LogP contribution >= 0.6 is 0 Å². The van der Waals surface area contributed by atoms with E-state index < -0.39 is 23.5 Å². The summed E-state index contributed by atoms with van der Waals surface area (Å²) in [6.45, 7) is 13.7. The Kier molecular flexibility index (Phi) is 11.2. The molecule has 4 aromatic rings. The van der Waals surface area contributed by atoms with Crippen LogP contribution in [0.4, 0.5) is 10.1 Å². The molecule has 1 amide bonds. The lowest BCUT2D eigenvalue weighted by Crippen LogP contribution is -2.46. The lowest BCUT2D eigenvalue weighted by Gasteiger charge is -2.41. The zero-order valence-electron chi connectivity index (χ0n) is 30.3. The van der Waals surface area contributed by atoms with E-state index in [4.69, 9.17) is 14.2 Å². The summed E-state index contributed by atoms with van der Waals surface area (Å²) in [5.74, 6) is -3.19. The molecule has 5 rings (SSSR count). The van der Waals surface area contributed by atoms with E-state index in [9.17, 15) is 23.9 Å². The Morgan fingerprint density at radius 1 is 0.941 bits per heavy atom. The zero-order valence-corrected chi connectivity index (χ0v) is 30.3. The van der Waals surface area contributed by atoms with Crippen molar-refractivity contribution in [2.75, 3.05) is 5.32 Å². The third-order valence-corrected chi connectivity index (χ3v) is 8.56. The highest BCUT2D eigenvalue weighted by Crippen LogP contribution is 2.43. The molecule has 1 aromatic heterocycles. The Hall–Kier alpha value is -4.80. The summed E-state index contributed by atoms with van der Waals surface area (Å²) in [7, 11) is 0. The number of benzene rings is 3. The van der Waals surface area contributed by atoms with Crippen LogP contribution in [0.1, 0.15) is 100 Å². The molecule has 0 saturated carbocycles. The predicted molar refractivity (Wildman–Crippen MR) is 194 cm³/mol. The monoisotopic (exact) mass is 698 g/mol. The smallest absolute Gasteiger partial charge is 0.335 e. The molecule has 0 spiro atoms. The maximum atomic E-state index is 14.5. The van der Waals surface area contributed by atoms with Crippen LogP contribution in [0.2, 0.25) is 0 Å². The molecule has 51 heavy (non-hydrogen) atoms. The Morgan fingerprint density at radius 2 is 1.57 bits per heavy atom. The van der Waals surface area contributed by atoms with Gasteiger partial charge in [-0.25, -0.2) is 9.18 Å². The Morgan fingerprint density at radius 3 is 2.16 bits per heavy atom. The van der Waals surface area contributed by atoms with Crippen LogP contribution in [0.3, 0.4) is 0 Å². The summed E-state index contributed by atoms with van der Waals surface area (Å²) < 4.78 is 34.5. The Labute approximate surface area is 298 Å². The maximum Gasteiger partial charge on any atom is 0.335 e. The second kappa shape index (κ2) is 15.2. The fraction of sp³-hybridized carbons (Fsp3) is 0.390. The number of halogens is 1. The molecule has 0 radical (unpaired) electrons. The van der Waals surface area contributed by atoms with Gasteiger partial charge in [0.15, 0.2) is 5.79 Å². The number of carboxylic acids is 1. The first-order chi connectivity index (χ1) is 24.0. The minimum absolute atomic E-state index is 0.0953. The van der Waals surface area contributed by atoms with Crippen LogP contribution in [-0.4, -0.2) is 51.1 Å². The molecule has 1 saturated heterocycles. The topological polar surface area (TPSA) is 116 Å². The second-order valence-corrected chi connectivity index (χ2v) is 14.7. The average Bonchev–Trinajstić information content (AvgIpc) is 3.39. The van der Waals surface area contributed by atoms with Crippen LogP contribution < -0.4 is 5.32 Å². The maximum absolute atomic E-state index is 14.5. The standard InChI is InChI=1S/C41H47FN2O7/c1-25(2)36-35(38(46)43-30-19-15-28(16-20-30)39(47)48)34(26-11-9-8-10-12-26)37(27-13-17-29(42)18-14-27)44(36)22-21-31-23-32(50-41(6,7)49-31)24-33(45)51-40(3,4)5/h8-20,25,31-32H,21-24H2,1-7H3,(H,43,46)(H,47,48)/t31-,32-/m1/s1. The van der Waals surface area contributed by atoms with Crippen molar-refractivity contribution in [3.05, 3.63) is 102 Å². The predicted octanol–water partition coefficient (Wildman–Crippen LogP) is 9.07. The van der Waals surface area contributed by atoms with Gasteiger partial charge in [0.25, 0.3) is 5.91 Å². The van der Waals surface area contributed by atoms with E-state index in [-0.39, 0.29) is 41.7 Å². The van der Waals surface area contributed by atoms with Crippen LogP contribution in [0.25, 0.3) is 22.4 Å². The highest BCUT2D eigenvalue weighted by molar-refractivity contribution is 6.12. The number of ether oxygens (including phenoxy) is 3. The van der Waals surface area contributed by atoms with Gasteiger partial charge in [-0.1, -0.05) is 44.2 Å². The third kappa shape index (κ3) is 9.31. The average molecular weight is 699 g/mol. The van der Waals surface area contributed by atoms with E-state index in [1.807, 2.05) is 78.8 Å². The number of hydrogen-bond acceptors (Lipinski definition) is 6. The number of aromatic carboxylic acids is 1. The van der Waals surface area contributed by atoms with E-state index in [0.29, 0.717) is 36.2 Å². The largest absolute Gasteiger partial charge is 0.478 e. The molecule has 0 bridgehead atoms. The number of amides is 1. The number of anilines is 1. The van der Waals surface area contributed by atoms with Gasteiger partial charge in [-0.05, 0) is 107 Å². The number of carboxylic acid groups (broad SMARTS) is 1. The molecule has 3 aromatic carbocycles. The molecule has 0 aliphatic carbocycles. The van der Waals surface area contributed by atoms with Gasteiger partial charge in [0.2, 0.25) is 0 Å². The summed E-state index contributed by atoms with van der Waals surface area (Å²) in [5.41, 5.74) is 4.19. The van der Waals surface area contributed by atoms with Crippen molar-refractivity contribution in [3.8, 4) is 22.4 Å². The quantitative estimate of drug-likeness (QED) is 0.150. The van der Waals surface area contributed by atoms with Crippen molar-refractivity contribution in [3.63, 3.8) is 0 Å². The van der Waals surface area contributed by atoms with Gasteiger partial charge in [0, 0.05) is 29.9 Å². The number of hydrogen-bond donors (Lipinski definition) is 2. The lowest BCUT2D eigenvalue weighted by molar-refractivity contribution is -0.301. The number of aromatic nitrogens is 1. The number of esters is 1. The highest BCUT2D eigenvalue weighted by Gasteiger charge is 2.38. The van der Waals surface area contributed by atoms with E-state index in [0.717, 1.165) is 22.5 Å². The number of carbonyl (C=O) groups excluding carboxylic acids is 2. The van der Waals surface area contributed by atoms with Gasteiger partial charge >= 0.3 is 11.9 Å². The number of nitrogens with one attached hydrogen (secondary N) is 1. The molecular weight excluding hydrogens is 651 g/mol. The zero-order chi connectivity index (χ0) is 37.1.